The molecule has 0 fully saturated rings. The number of nitrogens with zero attached hydrogens (tertiary/aromatic N) is 1. The first-order valence-corrected chi connectivity index (χ1v) is 7.98. The van der Waals surface area contributed by atoms with Gasteiger partial charge in [-0.25, -0.2) is 0 Å². The van der Waals surface area contributed by atoms with E-state index in [1.165, 1.54) is 0 Å². The van der Waals surface area contributed by atoms with Gasteiger partial charge in [-0.3, -0.25) is 9.69 Å². The van der Waals surface area contributed by atoms with E-state index >= 15 is 0 Å². The van der Waals surface area contributed by atoms with Gasteiger partial charge < -0.3 is 10.4 Å². The van der Waals surface area contributed by atoms with Gasteiger partial charge in [-0.1, -0.05) is 15.9 Å². The second-order valence-electron chi connectivity index (χ2n) is 4.24. The van der Waals surface area contributed by atoms with E-state index in [9.17, 15) is 4.79 Å². The predicted molar refractivity (Wildman–Crippen MR) is 87.3 cm³/mol. The SMILES string of the molecule is CC(CO)N(C)CC(=O)Nc1c(Br)cc(Br)cc1Br. The second kappa shape index (κ2) is 7.73. The number of amides is 1. The van der Waals surface area contributed by atoms with E-state index in [1.807, 2.05) is 19.1 Å². The molecule has 0 radical (unpaired) electrons. The fourth-order valence-electron chi connectivity index (χ4n) is 1.36. The minimum absolute atomic E-state index is 0.0233. The zero-order valence-electron chi connectivity index (χ0n) is 10.6. The highest BCUT2D eigenvalue weighted by Crippen LogP contribution is 2.34. The largest absolute Gasteiger partial charge is 0.395 e. The number of halogens is 3. The Kier molecular flexibility index (Phi) is 6.96. The molecule has 0 saturated heterocycles. The van der Waals surface area contributed by atoms with Gasteiger partial charge in [0, 0.05) is 19.5 Å². The lowest BCUT2D eigenvalue weighted by Gasteiger charge is -2.22. The molecule has 106 valence electrons. The smallest absolute Gasteiger partial charge is 0.238 e. The van der Waals surface area contributed by atoms with Gasteiger partial charge in [-0.05, 0) is 58.0 Å². The van der Waals surface area contributed by atoms with Gasteiger partial charge in [0.1, 0.15) is 0 Å². The molecule has 19 heavy (non-hydrogen) atoms. The zero-order chi connectivity index (χ0) is 14.6. The van der Waals surface area contributed by atoms with Crippen molar-refractivity contribution in [3.63, 3.8) is 0 Å². The standard InChI is InChI=1S/C12H15Br3N2O2/c1-7(6-18)17(2)5-11(19)16-12-9(14)3-8(13)4-10(12)15/h3-4,7,18H,5-6H2,1-2H3,(H,16,19). The van der Waals surface area contributed by atoms with Crippen molar-refractivity contribution in [2.75, 3.05) is 25.5 Å². The molecule has 1 aromatic carbocycles. The van der Waals surface area contributed by atoms with Crippen molar-refractivity contribution < 1.29 is 9.90 Å². The summed E-state index contributed by atoms with van der Waals surface area (Å²) in [6.45, 7) is 2.10. The van der Waals surface area contributed by atoms with E-state index in [0.29, 0.717) is 5.69 Å². The van der Waals surface area contributed by atoms with Crippen LogP contribution in [0.4, 0.5) is 5.69 Å². The number of carbonyl (C=O) groups excluding carboxylic acids is 1. The Morgan fingerprint density at radius 3 is 2.37 bits per heavy atom. The highest BCUT2D eigenvalue weighted by atomic mass is 79.9. The molecule has 2 N–H and O–H groups in total. The van der Waals surface area contributed by atoms with Gasteiger partial charge in [-0.2, -0.15) is 0 Å². The predicted octanol–water partition coefficient (Wildman–Crippen LogP) is 3.23. The van der Waals surface area contributed by atoms with Crippen LogP contribution in [0, 0.1) is 0 Å². The Morgan fingerprint density at radius 1 is 1.37 bits per heavy atom. The molecule has 4 nitrogen and oxygen atoms in total. The number of aliphatic hydroxyl groups is 1. The molecule has 7 heteroatoms. The topological polar surface area (TPSA) is 52.6 Å². The Bertz CT molecular complexity index is 445. The van der Waals surface area contributed by atoms with E-state index in [0.717, 1.165) is 13.4 Å². The first-order chi connectivity index (χ1) is 8.85. The van der Waals surface area contributed by atoms with Crippen LogP contribution in [0.2, 0.25) is 0 Å². The molecule has 0 aromatic heterocycles. The summed E-state index contributed by atoms with van der Waals surface area (Å²) in [5, 5.41) is 11.9. The van der Waals surface area contributed by atoms with E-state index in [2.05, 4.69) is 53.1 Å². The maximum absolute atomic E-state index is 11.9. The van der Waals surface area contributed by atoms with Gasteiger partial charge >= 0.3 is 0 Å². The summed E-state index contributed by atoms with van der Waals surface area (Å²) >= 11 is 10.2. The number of rotatable bonds is 5. The summed E-state index contributed by atoms with van der Waals surface area (Å²) < 4.78 is 2.50. The van der Waals surface area contributed by atoms with Crippen molar-refractivity contribution in [1.82, 2.24) is 4.90 Å². The van der Waals surface area contributed by atoms with Gasteiger partial charge in [0.2, 0.25) is 5.91 Å². The van der Waals surface area contributed by atoms with Crippen molar-refractivity contribution in [1.29, 1.82) is 0 Å². The van der Waals surface area contributed by atoms with Crippen LogP contribution in [0.1, 0.15) is 6.92 Å². The number of aliphatic hydroxyl groups excluding tert-OH is 1. The lowest BCUT2D eigenvalue weighted by Crippen LogP contribution is -2.38. The quantitative estimate of drug-likeness (QED) is 0.712. The van der Waals surface area contributed by atoms with E-state index in [4.69, 9.17) is 5.11 Å². The third kappa shape index (κ3) is 5.15. The van der Waals surface area contributed by atoms with Crippen LogP contribution in [0.5, 0.6) is 0 Å². The van der Waals surface area contributed by atoms with Crippen LogP contribution in [0.15, 0.2) is 25.6 Å². The van der Waals surface area contributed by atoms with Crippen molar-refractivity contribution in [3.05, 3.63) is 25.6 Å². The van der Waals surface area contributed by atoms with E-state index in [1.54, 1.807) is 11.9 Å². The average molecular weight is 459 g/mol. The van der Waals surface area contributed by atoms with Crippen LogP contribution in [-0.2, 0) is 4.79 Å². The molecule has 0 aliphatic rings. The highest BCUT2D eigenvalue weighted by molar-refractivity contribution is 9.11. The number of anilines is 1. The van der Waals surface area contributed by atoms with Gasteiger partial charge in [0.25, 0.3) is 0 Å². The van der Waals surface area contributed by atoms with E-state index < -0.39 is 0 Å². The lowest BCUT2D eigenvalue weighted by atomic mass is 10.3. The van der Waals surface area contributed by atoms with E-state index in [-0.39, 0.29) is 25.1 Å². The molecule has 0 aliphatic carbocycles. The number of hydrogen-bond acceptors (Lipinski definition) is 3. The van der Waals surface area contributed by atoms with Crippen molar-refractivity contribution in [2.24, 2.45) is 0 Å². The Hall–Kier alpha value is 0.0500. The molecule has 1 aromatic rings. The summed E-state index contributed by atoms with van der Waals surface area (Å²) in [6, 6.07) is 3.67. The summed E-state index contributed by atoms with van der Waals surface area (Å²) in [5.41, 5.74) is 0.693. The summed E-state index contributed by atoms with van der Waals surface area (Å²) in [4.78, 5) is 13.7. The maximum Gasteiger partial charge on any atom is 0.238 e. The van der Waals surface area contributed by atoms with Crippen LogP contribution in [0.3, 0.4) is 0 Å². The number of nitrogens with one attached hydrogen (secondary N) is 1. The molecule has 1 atom stereocenters. The van der Waals surface area contributed by atoms with Gasteiger partial charge in [0.15, 0.2) is 0 Å². The second-order valence-corrected chi connectivity index (χ2v) is 6.86. The molecular formula is C12H15Br3N2O2. The minimum Gasteiger partial charge on any atom is -0.395 e. The van der Waals surface area contributed by atoms with Crippen LogP contribution >= 0.6 is 47.8 Å². The number of benzene rings is 1. The number of likely N-dealkylation sites (N-methyl/N-ethyl adjacent to an activating group) is 1. The van der Waals surface area contributed by atoms with Gasteiger partial charge in [0.05, 0.1) is 18.8 Å². The molecule has 0 heterocycles. The fraction of sp³-hybridized carbons (Fsp3) is 0.417. The van der Waals surface area contributed by atoms with Gasteiger partial charge in [-0.15, -0.1) is 0 Å². The zero-order valence-corrected chi connectivity index (χ0v) is 15.3. The average Bonchev–Trinajstić information content (AvgIpc) is 2.32. The molecule has 0 saturated carbocycles. The highest BCUT2D eigenvalue weighted by Gasteiger charge is 2.15. The third-order valence-electron chi connectivity index (χ3n) is 2.68. The van der Waals surface area contributed by atoms with Crippen molar-refractivity contribution in [2.45, 2.75) is 13.0 Å². The van der Waals surface area contributed by atoms with Crippen LogP contribution in [0.25, 0.3) is 0 Å². The summed E-state index contributed by atoms with van der Waals surface area (Å²) in [5.74, 6) is -0.133. The lowest BCUT2D eigenvalue weighted by molar-refractivity contribution is -0.117. The maximum atomic E-state index is 11.9. The molecule has 1 unspecified atom stereocenters. The Morgan fingerprint density at radius 2 is 1.89 bits per heavy atom. The molecule has 1 amide bonds. The Labute approximate surface area is 137 Å². The van der Waals surface area contributed by atoms with Crippen molar-refractivity contribution >= 4 is 59.4 Å². The minimum atomic E-state index is -0.133. The first kappa shape index (κ1) is 17.1. The summed E-state index contributed by atoms with van der Waals surface area (Å²) in [7, 11) is 1.80. The normalized spacial score (nSPS) is 12.6. The molecule has 0 spiro atoms. The monoisotopic (exact) mass is 456 g/mol. The fourth-order valence-corrected chi connectivity index (χ4v) is 3.82. The molecular weight excluding hydrogens is 444 g/mol. The number of carbonyl (C=O) groups is 1. The third-order valence-corrected chi connectivity index (χ3v) is 4.39. The molecule has 0 bridgehead atoms. The van der Waals surface area contributed by atoms with Crippen LogP contribution < -0.4 is 5.32 Å². The summed E-state index contributed by atoms with van der Waals surface area (Å²) in [6.07, 6.45) is 0. The van der Waals surface area contributed by atoms with Crippen molar-refractivity contribution in [3.8, 4) is 0 Å². The molecule has 1 rings (SSSR count). The Balaban J connectivity index is 2.73. The van der Waals surface area contributed by atoms with Crippen LogP contribution in [-0.4, -0.2) is 42.2 Å². The number of hydrogen-bond donors (Lipinski definition) is 2. The molecule has 0 aliphatic heterocycles. The first-order valence-electron chi connectivity index (χ1n) is 5.60.